The molecule has 2 rings (SSSR count). The minimum atomic E-state index is -0.247. The number of carbonyl (C=O) groups excluding carboxylic acids is 1. The van der Waals surface area contributed by atoms with E-state index < -0.39 is 0 Å². The van der Waals surface area contributed by atoms with E-state index in [2.05, 4.69) is 31.6 Å². The molecule has 0 saturated heterocycles. The van der Waals surface area contributed by atoms with E-state index in [-0.39, 0.29) is 12.5 Å². The lowest BCUT2D eigenvalue weighted by Crippen LogP contribution is -2.24. The van der Waals surface area contributed by atoms with Gasteiger partial charge in [-0.05, 0) is 41.1 Å². The molecular formula is C11H11BrN4O2. The number of halogens is 1. The maximum absolute atomic E-state index is 11.5. The molecule has 2 heterocycles. The zero-order valence-electron chi connectivity index (χ0n) is 9.63. The van der Waals surface area contributed by atoms with Gasteiger partial charge in [0.25, 0.3) is 5.91 Å². The molecule has 1 N–H and O–H groups in total. The van der Waals surface area contributed by atoms with E-state index in [4.69, 9.17) is 4.42 Å². The van der Waals surface area contributed by atoms with Gasteiger partial charge in [0.15, 0.2) is 4.67 Å². The molecule has 7 heteroatoms. The highest BCUT2D eigenvalue weighted by atomic mass is 79.9. The van der Waals surface area contributed by atoms with Gasteiger partial charge in [0.2, 0.25) is 0 Å². The van der Waals surface area contributed by atoms with E-state index in [0.717, 1.165) is 5.69 Å². The molecule has 2 aromatic rings. The molecule has 94 valence electrons. The van der Waals surface area contributed by atoms with Crippen LogP contribution in [-0.4, -0.2) is 21.9 Å². The number of aromatic nitrogens is 2. The van der Waals surface area contributed by atoms with Gasteiger partial charge in [-0.2, -0.15) is 10.2 Å². The molecule has 6 nitrogen and oxygen atoms in total. The Labute approximate surface area is 112 Å². The fourth-order valence-electron chi connectivity index (χ4n) is 1.30. The number of rotatable bonds is 4. The molecule has 0 bridgehead atoms. The molecule has 18 heavy (non-hydrogen) atoms. The van der Waals surface area contributed by atoms with Crippen LogP contribution in [0.15, 0.2) is 38.6 Å². The van der Waals surface area contributed by atoms with Gasteiger partial charge < -0.3 is 4.42 Å². The van der Waals surface area contributed by atoms with Crippen molar-refractivity contribution in [2.45, 2.75) is 13.5 Å². The molecule has 0 unspecified atom stereocenters. The number of hydrazone groups is 1. The zero-order chi connectivity index (χ0) is 13.0. The fraction of sp³-hybridized carbons (Fsp3) is 0.182. The Morgan fingerprint density at radius 1 is 1.61 bits per heavy atom. The highest BCUT2D eigenvalue weighted by Gasteiger charge is 2.03. The number of aryl methyl sites for hydroxylation is 1. The lowest BCUT2D eigenvalue weighted by Gasteiger charge is -2.02. The van der Waals surface area contributed by atoms with Gasteiger partial charge in [0, 0.05) is 11.9 Å². The Balaban J connectivity index is 1.85. The minimum Gasteiger partial charge on any atom is -0.448 e. The maximum Gasteiger partial charge on any atom is 0.261 e. The molecule has 1 amide bonds. The van der Waals surface area contributed by atoms with E-state index >= 15 is 0 Å². The minimum absolute atomic E-state index is 0.137. The molecule has 0 saturated carbocycles. The predicted molar refractivity (Wildman–Crippen MR) is 69.1 cm³/mol. The van der Waals surface area contributed by atoms with Crippen LogP contribution in [-0.2, 0) is 11.3 Å². The van der Waals surface area contributed by atoms with Crippen molar-refractivity contribution in [2.24, 2.45) is 5.10 Å². The third kappa shape index (κ3) is 3.30. The molecule has 0 aromatic carbocycles. The molecule has 0 aliphatic rings. The van der Waals surface area contributed by atoms with Crippen LogP contribution in [0, 0.1) is 6.92 Å². The van der Waals surface area contributed by atoms with Crippen LogP contribution in [0.25, 0.3) is 0 Å². The number of carbonyl (C=O) groups is 1. The second-order valence-electron chi connectivity index (χ2n) is 3.57. The van der Waals surface area contributed by atoms with Crippen LogP contribution >= 0.6 is 15.9 Å². The number of furan rings is 1. The third-order valence-electron chi connectivity index (χ3n) is 2.20. The summed E-state index contributed by atoms with van der Waals surface area (Å²) < 4.78 is 7.39. The summed E-state index contributed by atoms with van der Waals surface area (Å²) in [6, 6.07) is 5.31. The van der Waals surface area contributed by atoms with Crippen molar-refractivity contribution in [3.05, 3.63) is 40.5 Å². The first-order valence-electron chi connectivity index (χ1n) is 5.21. The van der Waals surface area contributed by atoms with E-state index in [9.17, 15) is 4.79 Å². The highest BCUT2D eigenvalue weighted by Crippen LogP contribution is 2.11. The molecule has 0 radical (unpaired) electrons. The first-order valence-corrected chi connectivity index (χ1v) is 6.00. The molecule has 0 atom stereocenters. The first kappa shape index (κ1) is 12.6. The Kier molecular flexibility index (Phi) is 3.93. The van der Waals surface area contributed by atoms with Crippen molar-refractivity contribution in [3.63, 3.8) is 0 Å². The van der Waals surface area contributed by atoms with Gasteiger partial charge in [-0.1, -0.05) is 0 Å². The number of nitrogens with zero attached hydrogens (tertiary/aromatic N) is 3. The molecule has 0 fully saturated rings. The van der Waals surface area contributed by atoms with Crippen LogP contribution in [0.5, 0.6) is 0 Å². The van der Waals surface area contributed by atoms with Crippen molar-refractivity contribution in [3.8, 4) is 0 Å². The lowest BCUT2D eigenvalue weighted by molar-refractivity contribution is -0.121. The number of nitrogens with one attached hydrogen (secondary N) is 1. The molecular weight excluding hydrogens is 300 g/mol. The summed E-state index contributed by atoms with van der Waals surface area (Å²) in [7, 11) is 0. The third-order valence-corrected chi connectivity index (χ3v) is 2.62. The van der Waals surface area contributed by atoms with Gasteiger partial charge in [0.05, 0.1) is 6.21 Å². The first-order chi connectivity index (χ1) is 8.65. The van der Waals surface area contributed by atoms with Crippen molar-refractivity contribution in [2.75, 3.05) is 0 Å². The van der Waals surface area contributed by atoms with Crippen LogP contribution in [0.1, 0.15) is 11.5 Å². The monoisotopic (exact) mass is 310 g/mol. The molecule has 0 aliphatic carbocycles. The van der Waals surface area contributed by atoms with Crippen LogP contribution in [0.3, 0.4) is 0 Å². The van der Waals surface area contributed by atoms with Gasteiger partial charge in [-0.25, -0.2) is 5.43 Å². The molecule has 0 aliphatic heterocycles. The lowest BCUT2D eigenvalue weighted by atomic mass is 10.5. The summed E-state index contributed by atoms with van der Waals surface area (Å²) >= 11 is 3.17. The Hall–Kier alpha value is -1.89. The highest BCUT2D eigenvalue weighted by molar-refractivity contribution is 9.10. The van der Waals surface area contributed by atoms with Gasteiger partial charge >= 0.3 is 0 Å². The summed E-state index contributed by atoms with van der Waals surface area (Å²) in [5.74, 6) is 0.307. The Morgan fingerprint density at radius 3 is 3.06 bits per heavy atom. The smallest absolute Gasteiger partial charge is 0.261 e. The van der Waals surface area contributed by atoms with E-state index in [1.54, 1.807) is 23.0 Å². The summed E-state index contributed by atoms with van der Waals surface area (Å²) in [4.78, 5) is 11.5. The topological polar surface area (TPSA) is 72.4 Å². The number of hydrogen-bond donors (Lipinski definition) is 1. The van der Waals surface area contributed by atoms with E-state index in [0.29, 0.717) is 10.4 Å². The van der Waals surface area contributed by atoms with Crippen molar-refractivity contribution < 1.29 is 9.21 Å². The normalized spacial score (nSPS) is 11.0. The average molecular weight is 311 g/mol. The van der Waals surface area contributed by atoms with E-state index in [1.165, 1.54) is 6.21 Å². The average Bonchev–Trinajstić information content (AvgIpc) is 2.89. The summed E-state index contributed by atoms with van der Waals surface area (Å²) in [5, 5.41) is 7.79. The van der Waals surface area contributed by atoms with Gasteiger partial charge in [-0.3, -0.25) is 9.48 Å². The van der Waals surface area contributed by atoms with Crippen molar-refractivity contribution >= 4 is 28.1 Å². The quantitative estimate of drug-likeness (QED) is 0.690. The van der Waals surface area contributed by atoms with Crippen LogP contribution < -0.4 is 5.43 Å². The molecule has 2 aromatic heterocycles. The SMILES string of the molecule is Cc1ccnn1CC(=O)N/N=C/c1ccc(Br)o1. The fourth-order valence-corrected chi connectivity index (χ4v) is 1.62. The summed E-state index contributed by atoms with van der Waals surface area (Å²) in [6.07, 6.45) is 3.07. The molecule has 0 spiro atoms. The van der Waals surface area contributed by atoms with Crippen molar-refractivity contribution in [1.29, 1.82) is 0 Å². The standard InChI is InChI=1S/C11H11BrN4O2/c1-8-4-5-14-16(8)7-11(17)15-13-6-9-2-3-10(12)18-9/h2-6H,7H2,1H3,(H,15,17)/b13-6+. The second kappa shape index (κ2) is 5.63. The number of hydrogen-bond acceptors (Lipinski definition) is 4. The van der Waals surface area contributed by atoms with Gasteiger partial charge in [0.1, 0.15) is 12.3 Å². The predicted octanol–water partition coefficient (Wildman–Crippen LogP) is 1.70. The maximum atomic E-state index is 11.5. The van der Waals surface area contributed by atoms with Crippen molar-refractivity contribution in [1.82, 2.24) is 15.2 Å². The number of amides is 1. The Bertz CT molecular complexity index is 573. The summed E-state index contributed by atoms with van der Waals surface area (Å²) in [6.45, 7) is 2.02. The van der Waals surface area contributed by atoms with Crippen LogP contribution in [0.2, 0.25) is 0 Å². The zero-order valence-corrected chi connectivity index (χ0v) is 11.2. The summed E-state index contributed by atoms with van der Waals surface area (Å²) in [5.41, 5.74) is 3.32. The largest absolute Gasteiger partial charge is 0.448 e. The Morgan fingerprint density at radius 2 is 2.44 bits per heavy atom. The van der Waals surface area contributed by atoms with Gasteiger partial charge in [-0.15, -0.1) is 0 Å². The van der Waals surface area contributed by atoms with Crippen LogP contribution in [0.4, 0.5) is 0 Å². The second-order valence-corrected chi connectivity index (χ2v) is 4.35. The van der Waals surface area contributed by atoms with E-state index in [1.807, 2.05) is 13.0 Å².